The Morgan fingerprint density at radius 2 is 2.23 bits per heavy atom. The first kappa shape index (κ1) is 18.0. The highest BCUT2D eigenvalue weighted by atomic mass is 35.5. The molecule has 2 aromatic rings. The summed E-state index contributed by atoms with van der Waals surface area (Å²) in [6.07, 6.45) is 3.49. The lowest BCUT2D eigenvalue weighted by molar-refractivity contribution is -0.118. The number of hydrogen-bond acceptors (Lipinski definition) is 4. The van der Waals surface area contributed by atoms with Gasteiger partial charge in [0.2, 0.25) is 5.91 Å². The van der Waals surface area contributed by atoms with Crippen LogP contribution in [0.25, 0.3) is 0 Å². The highest BCUT2D eigenvalue weighted by Crippen LogP contribution is 2.19. The number of carbonyl (C=O) groups excluding carboxylic acids is 1. The number of aryl methyl sites for hydroxylation is 1. The highest BCUT2D eigenvalue weighted by molar-refractivity contribution is 5.95. The van der Waals surface area contributed by atoms with Crippen molar-refractivity contribution in [2.45, 2.75) is 13.0 Å². The number of carbonyl (C=O) groups is 1. The Morgan fingerprint density at radius 1 is 1.45 bits per heavy atom. The number of rotatable bonds is 6. The van der Waals surface area contributed by atoms with Crippen LogP contribution in [0, 0.1) is 0 Å². The zero-order chi connectivity index (χ0) is 15.2. The average molecular weight is 325 g/mol. The molecule has 1 heterocycles. The summed E-state index contributed by atoms with van der Waals surface area (Å²) in [5.74, 6) is 0.594. The van der Waals surface area contributed by atoms with Crippen molar-refractivity contribution >= 4 is 24.0 Å². The van der Waals surface area contributed by atoms with E-state index in [1.807, 2.05) is 38.4 Å². The molecule has 1 unspecified atom stereocenters. The third kappa shape index (κ3) is 4.47. The van der Waals surface area contributed by atoms with Crippen molar-refractivity contribution in [3.63, 3.8) is 0 Å². The molecule has 0 bridgehead atoms. The standard InChI is InChI=1S/C15H20N4O2.ClH/c1-4-21-13-7-5-6-12(8-13)18-15(20)14(16-2)11-9-17-19(3)10-11;/h5-10,14,16H,4H2,1-3H3,(H,18,20);1H. The number of nitrogens with one attached hydrogen (secondary N) is 2. The predicted molar refractivity (Wildman–Crippen MR) is 88.5 cm³/mol. The molecular weight excluding hydrogens is 304 g/mol. The molecule has 6 nitrogen and oxygen atoms in total. The molecule has 0 radical (unpaired) electrons. The van der Waals surface area contributed by atoms with E-state index in [1.54, 1.807) is 24.0 Å². The van der Waals surface area contributed by atoms with Crippen molar-refractivity contribution < 1.29 is 9.53 Å². The minimum absolute atomic E-state index is 0. The Hall–Kier alpha value is -2.05. The number of benzene rings is 1. The van der Waals surface area contributed by atoms with Crippen LogP contribution in [0.4, 0.5) is 5.69 Å². The van der Waals surface area contributed by atoms with Crippen molar-refractivity contribution in [3.8, 4) is 5.75 Å². The van der Waals surface area contributed by atoms with Crippen LogP contribution in [0.2, 0.25) is 0 Å². The Kier molecular flexibility index (Phi) is 6.88. The largest absolute Gasteiger partial charge is 0.494 e. The molecule has 7 heteroatoms. The first-order valence-electron chi connectivity index (χ1n) is 6.83. The lowest BCUT2D eigenvalue weighted by Crippen LogP contribution is -2.30. The number of amides is 1. The fourth-order valence-corrected chi connectivity index (χ4v) is 2.08. The van der Waals surface area contributed by atoms with E-state index in [0.29, 0.717) is 12.3 Å². The lowest BCUT2D eigenvalue weighted by Gasteiger charge is -2.15. The van der Waals surface area contributed by atoms with Crippen LogP contribution in [0.3, 0.4) is 0 Å². The maximum atomic E-state index is 12.4. The van der Waals surface area contributed by atoms with Crippen LogP contribution in [-0.2, 0) is 11.8 Å². The van der Waals surface area contributed by atoms with Gasteiger partial charge in [0.25, 0.3) is 0 Å². The second kappa shape index (κ2) is 8.41. The Balaban J connectivity index is 0.00000242. The molecule has 0 spiro atoms. The molecule has 2 rings (SSSR count). The Morgan fingerprint density at radius 3 is 2.82 bits per heavy atom. The summed E-state index contributed by atoms with van der Waals surface area (Å²) in [6, 6.07) is 6.89. The van der Waals surface area contributed by atoms with E-state index in [9.17, 15) is 4.79 Å². The van der Waals surface area contributed by atoms with E-state index >= 15 is 0 Å². The van der Waals surface area contributed by atoms with Crippen molar-refractivity contribution in [3.05, 3.63) is 42.2 Å². The molecule has 1 amide bonds. The molecule has 1 atom stereocenters. The maximum Gasteiger partial charge on any atom is 0.246 e. The van der Waals surface area contributed by atoms with E-state index in [-0.39, 0.29) is 18.3 Å². The van der Waals surface area contributed by atoms with Gasteiger partial charge >= 0.3 is 0 Å². The van der Waals surface area contributed by atoms with Gasteiger partial charge in [0.1, 0.15) is 11.8 Å². The predicted octanol–water partition coefficient (Wildman–Crippen LogP) is 2.14. The monoisotopic (exact) mass is 324 g/mol. The Bertz CT molecular complexity index is 615. The van der Waals surface area contributed by atoms with Gasteiger partial charge in [-0.1, -0.05) is 6.07 Å². The van der Waals surface area contributed by atoms with Crippen molar-refractivity contribution in [2.24, 2.45) is 7.05 Å². The number of likely N-dealkylation sites (N-methyl/N-ethyl adjacent to an activating group) is 1. The molecule has 0 aliphatic carbocycles. The van der Waals surface area contributed by atoms with Crippen LogP contribution in [-0.4, -0.2) is 29.3 Å². The number of nitrogens with zero attached hydrogens (tertiary/aromatic N) is 2. The molecule has 0 fully saturated rings. The highest BCUT2D eigenvalue weighted by Gasteiger charge is 2.20. The normalized spacial score (nSPS) is 11.4. The van der Waals surface area contributed by atoms with Gasteiger partial charge in [0.05, 0.1) is 12.8 Å². The molecule has 22 heavy (non-hydrogen) atoms. The lowest BCUT2D eigenvalue weighted by atomic mass is 10.1. The summed E-state index contributed by atoms with van der Waals surface area (Å²) in [5, 5.41) is 9.97. The quantitative estimate of drug-likeness (QED) is 0.854. The molecular formula is C15H21ClN4O2. The summed E-state index contributed by atoms with van der Waals surface area (Å²) in [5.41, 5.74) is 1.52. The van der Waals surface area contributed by atoms with Crippen molar-refractivity contribution in [1.29, 1.82) is 0 Å². The smallest absolute Gasteiger partial charge is 0.246 e. The van der Waals surface area contributed by atoms with E-state index in [0.717, 1.165) is 11.3 Å². The third-order valence-corrected chi connectivity index (χ3v) is 3.02. The van der Waals surface area contributed by atoms with Crippen molar-refractivity contribution in [1.82, 2.24) is 15.1 Å². The van der Waals surface area contributed by atoms with Gasteiger partial charge in [-0.15, -0.1) is 12.4 Å². The van der Waals surface area contributed by atoms with Crippen LogP contribution in [0.15, 0.2) is 36.7 Å². The van der Waals surface area contributed by atoms with E-state index in [2.05, 4.69) is 15.7 Å². The summed E-state index contributed by atoms with van der Waals surface area (Å²) < 4.78 is 7.09. The van der Waals surface area contributed by atoms with E-state index in [1.165, 1.54) is 0 Å². The van der Waals surface area contributed by atoms with Crippen LogP contribution in [0.5, 0.6) is 5.75 Å². The van der Waals surface area contributed by atoms with Crippen molar-refractivity contribution in [2.75, 3.05) is 19.0 Å². The SMILES string of the molecule is CCOc1cccc(NC(=O)C(NC)c2cnn(C)c2)c1.Cl. The molecule has 120 valence electrons. The molecule has 1 aromatic heterocycles. The summed E-state index contributed by atoms with van der Waals surface area (Å²) >= 11 is 0. The van der Waals surface area contributed by atoms with Crippen LogP contribution >= 0.6 is 12.4 Å². The number of anilines is 1. The molecule has 0 saturated carbocycles. The minimum atomic E-state index is -0.450. The molecule has 2 N–H and O–H groups in total. The van der Waals surface area contributed by atoms with E-state index in [4.69, 9.17) is 4.74 Å². The number of halogens is 1. The van der Waals surface area contributed by atoms with Gasteiger partial charge < -0.3 is 15.4 Å². The topological polar surface area (TPSA) is 68.2 Å². The van der Waals surface area contributed by atoms with Gasteiger partial charge in [-0.3, -0.25) is 9.48 Å². The van der Waals surface area contributed by atoms with Gasteiger partial charge in [-0.05, 0) is 26.1 Å². The van der Waals surface area contributed by atoms with Crippen LogP contribution < -0.4 is 15.4 Å². The number of ether oxygens (including phenoxy) is 1. The molecule has 1 aromatic carbocycles. The fraction of sp³-hybridized carbons (Fsp3) is 0.333. The fourth-order valence-electron chi connectivity index (χ4n) is 2.08. The molecule has 0 aliphatic rings. The number of aromatic nitrogens is 2. The second-order valence-corrected chi connectivity index (χ2v) is 4.62. The first-order chi connectivity index (χ1) is 10.1. The number of hydrogen-bond donors (Lipinski definition) is 2. The third-order valence-electron chi connectivity index (χ3n) is 3.02. The Labute approximate surface area is 136 Å². The van der Waals surface area contributed by atoms with Crippen LogP contribution in [0.1, 0.15) is 18.5 Å². The molecule has 0 aliphatic heterocycles. The zero-order valence-corrected chi connectivity index (χ0v) is 13.7. The average Bonchev–Trinajstić information content (AvgIpc) is 2.87. The summed E-state index contributed by atoms with van der Waals surface area (Å²) in [4.78, 5) is 12.4. The molecule has 0 saturated heterocycles. The maximum absolute atomic E-state index is 12.4. The second-order valence-electron chi connectivity index (χ2n) is 4.62. The van der Waals surface area contributed by atoms with Gasteiger partial charge in [0.15, 0.2) is 0 Å². The first-order valence-corrected chi connectivity index (χ1v) is 6.83. The summed E-state index contributed by atoms with van der Waals surface area (Å²) in [7, 11) is 3.56. The summed E-state index contributed by atoms with van der Waals surface area (Å²) in [6.45, 7) is 2.51. The van der Waals surface area contributed by atoms with Gasteiger partial charge in [-0.2, -0.15) is 5.10 Å². The minimum Gasteiger partial charge on any atom is -0.494 e. The van der Waals surface area contributed by atoms with Gasteiger partial charge in [-0.25, -0.2) is 0 Å². The van der Waals surface area contributed by atoms with Gasteiger partial charge in [0, 0.05) is 30.6 Å². The van der Waals surface area contributed by atoms with E-state index < -0.39 is 6.04 Å². The zero-order valence-electron chi connectivity index (χ0n) is 12.9.